The minimum absolute atomic E-state index is 0.0403. The molecule has 0 bridgehead atoms. The lowest BCUT2D eigenvalue weighted by atomic mass is 9.87. The van der Waals surface area contributed by atoms with Crippen LogP contribution in [0, 0.1) is 5.92 Å². The molecule has 0 aromatic heterocycles. The summed E-state index contributed by atoms with van der Waals surface area (Å²) < 4.78 is 44.6. The summed E-state index contributed by atoms with van der Waals surface area (Å²) in [4.78, 5) is 13.8. The number of nitrogens with zero attached hydrogens (tertiary/aromatic N) is 1. The van der Waals surface area contributed by atoms with Crippen LogP contribution in [-0.4, -0.2) is 29.3 Å². The molecule has 3 nitrogen and oxygen atoms in total. The summed E-state index contributed by atoms with van der Waals surface area (Å²) >= 11 is 0. The number of alkyl halides is 3. The van der Waals surface area contributed by atoms with Crippen molar-refractivity contribution in [1.82, 2.24) is 4.90 Å². The van der Waals surface area contributed by atoms with Crippen LogP contribution in [0.2, 0.25) is 0 Å². The van der Waals surface area contributed by atoms with Gasteiger partial charge in [0.15, 0.2) is 0 Å². The lowest BCUT2D eigenvalue weighted by Crippen LogP contribution is -2.46. The summed E-state index contributed by atoms with van der Waals surface area (Å²) in [7, 11) is 0. The van der Waals surface area contributed by atoms with Gasteiger partial charge in [-0.25, -0.2) is 4.79 Å². The van der Waals surface area contributed by atoms with Crippen LogP contribution < -0.4 is 0 Å². The number of carbonyl (C=O) groups is 1. The SMILES string of the molecule is CC(C)(C)OC(=O)N1CC[C@H](C(F)(F)F)C[C@@H]1c1ccccc1. The van der Waals surface area contributed by atoms with Crippen LogP contribution >= 0.6 is 0 Å². The van der Waals surface area contributed by atoms with E-state index in [2.05, 4.69) is 0 Å². The quantitative estimate of drug-likeness (QED) is 0.730. The maximum Gasteiger partial charge on any atom is 0.410 e. The highest BCUT2D eigenvalue weighted by Crippen LogP contribution is 2.42. The van der Waals surface area contributed by atoms with Gasteiger partial charge in [-0.2, -0.15) is 13.2 Å². The fourth-order valence-electron chi connectivity index (χ4n) is 2.79. The van der Waals surface area contributed by atoms with Crippen LogP contribution in [0.1, 0.15) is 45.2 Å². The summed E-state index contributed by atoms with van der Waals surface area (Å²) in [6, 6.07) is 8.21. The van der Waals surface area contributed by atoms with Crippen LogP contribution in [0.5, 0.6) is 0 Å². The van der Waals surface area contributed by atoms with E-state index in [0.29, 0.717) is 5.56 Å². The number of likely N-dealkylation sites (tertiary alicyclic amines) is 1. The molecule has 2 atom stereocenters. The third-order valence-corrected chi connectivity index (χ3v) is 3.88. The van der Waals surface area contributed by atoms with Crippen molar-refractivity contribution in [3.63, 3.8) is 0 Å². The second kappa shape index (κ2) is 6.42. The number of halogens is 3. The molecule has 1 saturated heterocycles. The molecule has 1 aromatic rings. The highest BCUT2D eigenvalue weighted by molar-refractivity contribution is 5.69. The summed E-state index contributed by atoms with van der Waals surface area (Å²) in [6.45, 7) is 5.26. The van der Waals surface area contributed by atoms with Crippen LogP contribution in [0.4, 0.5) is 18.0 Å². The third kappa shape index (κ3) is 4.62. The predicted molar refractivity (Wildman–Crippen MR) is 80.9 cm³/mol. The maximum absolute atomic E-state index is 13.1. The average Bonchev–Trinajstić information content (AvgIpc) is 2.45. The summed E-state index contributed by atoms with van der Waals surface area (Å²) in [6.07, 6.45) is -5.03. The van der Waals surface area contributed by atoms with Crippen molar-refractivity contribution in [2.75, 3.05) is 6.54 Å². The van der Waals surface area contributed by atoms with E-state index >= 15 is 0 Å². The molecule has 1 aromatic carbocycles. The number of hydrogen-bond donors (Lipinski definition) is 0. The van der Waals surface area contributed by atoms with Crippen molar-refractivity contribution in [3.8, 4) is 0 Å². The normalized spacial score (nSPS) is 22.8. The van der Waals surface area contributed by atoms with Crippen LogP contribution in [-0.2, 0) is 4.74 Å². The van der Waals surface area contributed by atoms with Crippen molar-refractivity contribution in [3.05, 3.63) is 35.9 Å². The highest BCUT2D eigenvalue weighted by Gasteiger charge is 2.46. The van der Waals surface area contributed by atoms with Gasteiger partial charge in [-0.3, -0.25) is 0 Å². The Morgan fingerprint density at radius 2 is 1.78 bits per heavy atom. The molecular formula is C17H22F3NO2. The van der Waals surface area contributed by atoms with E-state index in [1.54, 1.807) is 51.1 Å². The number of hydrogen-bond acceptors (Lipinski definition) is 2. The number of amides is 1. The van der Waals surface area contributed by atoms with Crippen molar-refractivity contribution < 1.29 is 22.7 Å². The van der Waals surface area contributed by atoms with E-state index in [9.17, 15) is 18.0 Å². The molecule has 1 aliphatic rings. The van der Waals surface area contributed by atoms with Crippen LogP contribution in [0.15, 0.2) is 30.3 Å². The van der Waals surface area contributed by atoms with Gasteiger partial charge in [0.2, 0.25) is 0 Å². The molecule has 0 N–H and O–H groups in total. The minimum Gasteiger partial charge on any atom is -0.444 e. The zero-order valence-corrected chi connectivity index (χ0v) is 13.6. The Bertz CT molecular complexity index is 537. The summed E-state index contributed by atoms with van der Waals surface area (Å²) in [5.41, 5.74) is 0.0199. The van der Waals surface area contributed by atoms with Gasteiger partial charge in [0.1, 0.15) is 5.60 Å². The van der Waals surface area contributed by atoms with Crippen LogP contribution in [0.3, 0.4) is 0 Å². The Kier molecular flexibility index (Phi) is 4.92. The Morgan fingerprint density at radius 1 is 1.17 bits per heavy atom. The molecule has 6 heteroatoms. The smallest absolute Gasteiger partial charge is 0.410 e. The van der Waals surface area contributed by atoms with Crippen molar-refractivity contribution in [1.29, 1.82) is 0 Å². The lowest BCUT2D eigenvalue weighted by molar-refractivity contribution is -0.189. The zero-order valence-electron chi connectivity index (χ0n) is 13.6. The Labute approximate surface area is 134 Å². The third-order valence-electron chi connectivity index (χ3n) is 3.88. The van der Waals surface area contributed by atoms with Crippen molar-refractivity contribution in [2.24, 2.45) is 5.92 Å². The van der Waals surface area contributed by atoms with Gasteiger partial charge in [-0.1, -0.05) is 30.3 Å². The van der Waals surface area contributed by atoms with Gasteiger partial charge >= 0.3 is 12.3 Å². The molecule has 23 heavy (non-hydrogen) atoms. The second-order valence-electron chi connectivity index (χ2n) is 6.86. The fourth-order valence-corrected chi connectivity index (χ4v) is 2.79. The van der Waals surface area contributed by atoms with E-state index in [4.69, 9.17) is 4.74 Å². The number of rotatable bonds is 1. The summed E-state index contributed by atoms with van der Waals surface area (Å²) in [5.74, 6) is -1.40. The number of benzene rings is 1. The number of piperidine rings is 1. The molecule has 0 saturated carbocycles. The fraction of sp³-hybridized carbons (Fsp3) is 0.588. The second-order valence-corrected chi connectivity index (χ2v) is 6.86. The van der Waals surface area contributed by atoms with Gasteiger partial charge in [0.05, 0.1) is 12.0 Å². The van der Waals surface area contributed by atoms with Crippen LogP contribution in [0.25, 0.3) is 0 Å². The Morgan fingerprint density at radius 3 is 2.30 bits per heavy atom. The first-order chi connectivity index (χ1) is 10.6. The van der Waals surface area contributed by atoms with Gasteiger partial charge in [0, 0.05) is 6.54 Å². The predicted octanol–water partition coefficient (Wildman–Crippen LogP) is 4.94. The highest BCUT2D eigenvalue weighted by atomic mass is 19.4. The standard InChI is InChI=1S/C17H22F3NO2/c1-16(2,3)23-15(22)21-10-9-13(17(18,19)20)11-14(21)12-7-5-4-6-8-12/h4-8,13-14H,9-11H2,1-3H3/t13-,14+/m0/s1. The Hall–Kier alpha value is -1.72. The van der Waals surface area contributed by atoms with Gasteiger partial charge < -0.3 is 9.64 Å². The molecule has 1 amide bonds. The van der Waals surface area contributed by atoms with E-state index in [0.717, 1.165) is 0 Å². The first-order valence-corrected chi connectivity index (χ1v) is 7.69. The van der Waals surface area contributed by atoms with Gasteiger partial charge in [-0.15, -0.1) is 0 Å². The maximum atomic E-state index is 13.1. The molecule has 128 valence electrons. The molecule has 0 unspecified atom stereocenters. The molecule has 2 rings (SSSR count). The first-order valence-electron chi connectivity index (χ1n) is 7.69. The van der Waals surface area contributed by atoms with Gasteiger partial charge in [-0.05, 0) is 39.2 Å². The largest absolute Gasteiger partial charge is 0.444 e. The molecule has 0 spiro atoms. The van der Waals surface area contributed by atoms with E-state index in [-0.39, 0.29) is 19.4 Å². The van der Waals surface area contributed by atoms with Gasteiger partial charge in [0.25, 0.3) is 0 Å². The first kappa shape index (κ1) is 17.6. The molecule has 0 aliphatic carbocycles. The Balaban J connectivity index is 2.25. The average molecular weight is 329 g/mol. The van der Waals surface area contributed by atoms with E-state index < -0.39 is 29.8 Å². The molecule has 1 heterocycles. The lowest BCUT2D eigenvalue weighted by Gasteiger charge is -2.40. The van der Waals surface area contributed by atoms with Crippen molar-refractivity contribution >= 4 is 6.09 Å². The number of ether oxygens (including phenoxy) is 1. The van der Waals surface area contributed by atoms with E-state index in [1.807, 2.05) is 0 Å². The summed E-state index contributed by atoms with van der Waals surface area (Å²) in [5, 5.41) is 0. The molecule has 1 aliphatic heterocycles. The van der Waals surface area contributed by atoms with E-state index in [1.165, 1.54) is 4.90 Å². The topological polar surface area (TPSA) is 29.5 Å². The molecule has 0 radical (unpaired) electrons. The minimum atomic E-state index is -4.24. The molecular weight excluding hydrogens is 307 g/mol. The zero-order chi connectivity index (χ0) is 17.3. The monoisotopic (exact) mass is 329 g/mol. The number of carbonyl (C=O) groups excluding carboxylic acids is 1. The van der Waals surface area contributed by atoms with Crippen molar-refractivity contribution in [2.45, 2.75) is 51.4 Å². The molecule has 1 fully saturated rings.